The molecule has 3 N–H and O–H groups in total. The van der Waals surface area contributed by atoms with Crippen molar-refractivity contribution in [1.29, 1.82) is 0 Å². The lowest BCUT2D eigenvalue weighted by Crippen LogP contribution is -2.33. The number of anilines is 1. The molecule has 20 heavy (non-hydrogen) atoms. The van der Waals surface area contributed by atoms with E-state index in [0.29, 0.717) is 25.4 Å². The SMILES string of the molecule is CC(C)(C)OC(=O)NCCCNc1ccc(C(=O)O)o1. The summed E-state index contributed by atoms with van der Waals surface area (Å²) in [4.78, 5) is 21.9. The molecule has 0 aliphatic rings. The molecule has 1 aromatic heterocycles. The molecule has 0 aliphatic heterocycles. The van der Waals surface area contributed by atoms with E-state index in [0.717, 1.165) is 0 Å². The molecule has 0 spiro atoms. The predicted molar refractivity (Wildman–Crippen MR) is 73.0 cm³/mol. The highest BCUT2D eigenvalue weighted by atomic mass is 16.6. The molecule has 7 nitrogen and oxygen atoms in total. The zero-order valence-corrected chi connectivity index (χ0v) is 11.9. The first-order valence-corrected chi connectivity index (χ1v) is 6.32. The van der Waals surface area contributed by atoms with E-state index >= 15 is 0 Å². The molecule has 112 valence electrons. The maximum Gasteiger partial charge on any atom is 0.407 e. The van der Waals surface area contributed by atoms with Crippen molar-refractivity contribution in [1.82, 2.24) is 5.32 Å². The zero-order chi connectivity index (χ0) is 15.2. The molecule has 1 rings (SSSR count). The van der Waals surface area contributed by atoms with Crippen LogP contribution in [0.25, 0.3) is 0 Å². The van der Waals surface area contributed by atoms with E-state index in [4.69, 9.17) is 14.3 Å². The summed E-state index contributed by atoms with van der Waals surface area (Å²) < 4.78 is 10.1. The third-order valence-electron chi connectivity index (χ3n) is 2.14. The van der Waals surface area contributed by atoms with Crippen LogP contribution in [-0.4, -0.2) is 35.9 Å². The summed E-state index contributed by atoms with van der Waals surface area (Å²) in [5.41, 5.74) is -0.510. The Balaban J connectivity index is 2.16. The number of carboxylic acids is 1. The quantitative estimate of drug-likeness (QED) is 0.693. The highest BCUT2D eigenvalue weighted by Crippen LogP contribution is 2.12. The summed E-state index contributed by atoms with van der Waals surface area (Å²) in [6, 6.07) is 2.92. The minimum absolute atomic E-state index is 0.112. The van der Waals surface area contributed by atoms with Gasteiger partial charge in [0.1, 0.15) is 5.60 Å². The summed E-state index contributed by atoms with van der Waals surface area (Å²) in [5, 5.41) is 14.2. The number of alkyl carbamates (subject to hydrolysis) is 1. The molecule has 0 fully saturated rings. The second-order valence-electron chi connectivity index (χ2n) is 5.18. The Morgan fingerprint density at radius 3 is 2.55 bits per heavy atom. The highest BCUT2D eigenvalue weighted by Gasteiger charge is 2.15. The highest BCUT2D eigenvalue weighted by molar-refractivity contribution is 5.84. The topological polar surface area (TPSA) is 101 Å². The van der Waals surface area contributed by atoms with Crippen LogP contribution in [0.5, 0.6) is 0 Å². The molecule has 0 saturated heterocycles. The van der Waals surface area contributed by atoms with Crippen LogP contribution in [0.4, 0.5) is 10.7 Å². The van der Waals surface area contributed by atoms with E-state index in [1.54, 1.807) is 26.8 Å². The van der Waals surface area contributed by atoms with Crippen molar-refractivity contribution in [3.63, 3.8) is 0 Å². The summed E-state index contributed by atoms with van der Waals surface area (Å²) in [5.74, 6) is -0.830. The van der Waals surface area contributed by atoms with Crippen LogP contribution in [0.2, 0.25) is 0 Å². The average Bonchev–Trinajstić information content (AvgIpc) is 2.75. The van der Waals surface area contributed by atoms with Gasteiger partial charge in [-0.25, -0.2) is 9.59 Å². The molecule has 0 saturated carbocycles. The molecule has 1 amide bonds. The summed E-state index contributed by atoms with van der Waals surface area (Å²) >= 11 is 0. The van der Waals surface area contributed by atoms with Gasteiger partial charge in [0.15, 0.2) is 5.88 Å². The lowest BCUT2D eigenvalue weighted by molar-refractivity contribution is 0.0527. The lowest BCUT2D eigenvalue weighted by Gasteiger charge is -2.19. The number of ether oxygens (including phenoxy) is 1. The minimum atomic E-state index is -1.11. The molecule has 0 aliphatic carbocycles. The van der Waals surface area contributed by atoms with Crippen LogP contribution in [0, 0.1) is 0 Å². The van der Waals surface area contributed by atoms with Gasteiger partial charge in [0.25, 0.3) is 0 Å². The van der Waals surface area contributed by atoms with Gasteiger partial charge < -0.3 is 24.9 Å². The van der Waals surface area contributed by atoms with Gasteiger partial charge in [0, 0.05) is 19.2 Å². The number of hydrogen-bond donors (Lipinski definition) is 3. The Hall–Kier alpha value is -2.18. The number of hydrogen-bond acceptors (Lipinski definition) is 5. The Morgan fingerprint density at radius 2 is 2.00 bits per heavy atom. The van der Waals surface area contributed by atoms with Crippen molar-refractivity contribution in [2.24, 2.45) is 0 Å². The fourth-order valence-corrected chi connectivity index (χ4v) is 1.35. The van der Waals surface area contributed by atoms with Gasteiger partial charge in [0.2, 0.25) is 5.76 Å². The lowest BCUT2D eigenvalue weighted by atomic mass is 10.2. The summed E-state index contributed by atoms with van der Waals surface area (Å²) in [6.07, 6.45) is 0.200. The fraction of sp³-hybridized carbons (Fsp3) is 0.538. The first-order chi connectivity index (χ1) is 9.28. The number of rotatable bonds is 6. The van der Waals surface area contributed by atoms with Crippen molar-refractivity contribution in [2.75, 3.05) is 18.4 Å². The average molecular weight is 284 g/mol. The first-order valence-electron chi connectivity index (χ1n) is 6.32. The number of amides is 1. The molecular weight excluding hydrogens is 264 g/mol. The number of nitrogens with one attached hydrogen (secondary N) is 2. The smallest absolute Gasteiger partial charge is 0.407 e. The van der Waals surface area contributed by atoms with Crippen molar-refractivity contribution >= 4 is 17.9 Å². The first kappa shape index (κ1) is 15.9. The summed E-state index contributed by atoms with van der Waals surface area (Å²) in [6.45, 7) is 6.39. The van der Waals surface area contributed by atoms with Crippen LogP contribution >= 0.6 is 0 Å². The monoisotopic (exact) mass is 284 g/mol. The second-order valence-corrected chi connectivity index (χ2v) is 5.18. The van der Waals surface area contributed by atoms with Gasteiger partial charge in [-0.3, -0.25) is 0 Å². The van der Waals surface area contributed by atoms with E-state index in [1.165, 1.54) is 6.07 Å². The van der Waals surface area contributed by atoms with Gasteiger partial charge in [-0.15, -0.1) is 0 Å². The number of carbonyl (C=O) groups excluding carboxylic acids is 1. The number of furan rings is 1. The maximum absolute atomic E-state index is 11.3. The normalized spacial score (nSPS) is 10.9. The van der Waals surface area contributed by atoms with Crippen LogP contribution in [0.3, 0.4) is 0 Å². The Labute approximate surface area is 117 Å². The molecule has 1 heterocycles. The number of carbonyl (C=O) groups is 2. The van der Waals surface area contributed by atoms with Gasteiger partial charge in [-0.05, 0) is 33.3 Å². The standard InChI is InChI=1S/C13H20N2O5/c1-13(2,3)20-12(18)15-8-4-7-14-10-6-5-9(19-10)11(16)17/h5-6,14H,4,7-8H2,1-3H3,(H,15,18)(H,16,17). The van der Waals surface area contributed by atoms with Crippen LogP contribution in [-0.2, 0) is 4.74 Å². The minimum Gasteiger partial charge on any atom is -0.475 e. The molecule has 0 bridgehead atoms. The van der Waals surface area contributed by atoms with Gasteiger partial charge in [0.05, 0.1) is 0 Å². The maximum atomic E-state index is 11.3. The molecule has 1 aromatic rings. The van der Waals surface area contributed by atoms with Crippen LogP contribution in [0.15, 0.2) is 16.5 Å². The van der Waals surface area contributed by atoms with Crippen molar-refractivity contribution in [3.05, 3.63) is 17.9 Å². The van der Waals surface area contributed by atoms with Gasteiger partial charge in [-0.2, -0.15) is 0 Å². The zero-order valence-electron chi connectivity index (χ0n) is 11.9. The Kier molecular flexibility index (Phi) is 5.42. The van der Waals surface area contributed by atoms with E-state index in [9.17, 15) is 9.59 Å². The van der Waals surface area contributed by atoms with Crippen LogP contribution < -0.4 is 10.6 Å². The molecule has 0 radical (unpaired) electrons. The number of carboxylic acid groups (broad SMARTS) is 1. The third-order valence-corrected chi connectivity index (χ3v) is 2.14. The largest absolute Gasteiger partial charge is 0.475 e. The molecular formula is C13H20N2O5. The van der Waals surface area contributed by atoms with E-state index in [-0.39, 0.29) is 5.76 Å². The van der Waals surface area contributed by atoms with E-state index in [1.807, 2.05) is 0 Å². The molecule has 0 atom stereocenters. The second kappa shape index (κ2) is 6.83. The fourth-order valence-electron chi connectivity index (χ4n) is 1.35. The Morgan fingerprint density at radius 1 is 1.30 bits per heavy atom. The summed E-state index contributed by atoms with van der Waals surface area (Å²) in [7, 11) is 0. The van der Waals surface area contributed by atoms with Gasteiger partial charge >= 0.3 is 12.1 Å². The number of aromatic carboxylic acids is 1. The van der Waals surface area contributed by atoms with Gasteiger partial charge in [-0.1, -0.05) is 0 Å². The van der Waals surface area contributed by atoms with Crippen molar-refractivity contribution in [2.45, 2.75) is 32.8 Å². The third kappa shape index (κ3) is 6.12. The molecule has 0 unspecified atom stereocenters. The molecule has 7 heteroatoms. The van der Waals surface area contributed by atoms with E-state index < -0.39 is 17.7 Å². The van der Waals surface area contributed by atoms with Crippen LogP contribution in [0.1, 0.15) is 37.7 Å². The Bertz CT molecular complexity index is 462. The molecule has 0 aromatic carbocycles. The van der Waals surface area contributed by atoms with E-state index in [2.05, 4.69) is 10.6 Å². The van der Waals surface area contributed by atoms with Crippen molar-refractivity contribution < 1.29 is 23.8 Å². The van der Waals surface area contributed by atoms with Crippen molar-refractivity contribution in [3.8, 4) is 0 Å². The predicted octanol–water partition coefficient (Wildman–Crippen LogP) is 2.30.